The summed E-state index contributed by atoms with van der Waals surface area (Å²) in [5, 5.41) is 0. The Hall–Kier alpha value is -3.33. The lowest BCUT2D eigenvalue weighted by molar-refractivity contribution is 0.447. The fourth-order valence-electron chi connectivity index (χ4n) is 12.9. The molecule has 0 spiro atoms. The summed E-state index contributed by atoms with van der Waals surface area (Å²) in [4.78, 5) is 0. The van der Waals surface area contributed by atoms with Gasteiger partial charge in [0.15, 0.2) is 69.8 Å². The number of rotatable bonds is 46. The molecule has 16 heteroatoms. The van der Waals surface area contributed by atoms with Crippen molar-refractivity contribution >= 4 is 42.1 Å². The van der Waals surface area contributed by atoms with E-state index in [4.69, 9.17) is 4.17 Å². The van der Waals surface area contributed by atoms with E-state index in [9.17, 15) is 52.7 Å². The Labute approximate surface area is 524 Å². The minimum Gasteiger partial charge on any atom is -0.204 e. The fourth-order valence-corrected chi connectivity index (χ4v) is 24.5. The van der Waals surface area contributed by atoms with Crippen LogP contribution in [-0.2, 0) is 0 Å². The molecular formula is C72H110BF12NP2. The summed E-state index contributed by atoms with van der Waals surface area (Å²) in [7, 11) is -2.62. The van der Waals surface area contributed by atoms with Gasteiger partial charge >= 0.3 is 0 Å². The lowest BCUT2D eigenvalue weighted by Crippen LogP contribution is -2.75. The molecule has 4 rings (SSSR count). The van der Waals surface area contributed by atoms with Gasteiger partial charge < -0.3 is 0 Å². The number of hydrogen-bond acceptors (Lipinski definition) is 0. The zero-order valence-electron chi connectivity index (χ0n) is 54.8. The Morgan fingerprint density at radius 1 is 0.227 bits per heavy atom. The Morgan fingerprint density at radius 2 is 0.364 bits per heavy atom. The molecule has 0 fully saturated rings. The van der Waals surface area contributed by atoms with Crippen LogP contribution in [-0.4, -0.2) is 43.1 Å². The summed E-state index contributed by atoms with van der Waals surface area (Å²) < 4.78 is 177. The van der Waals surface area contributed by atoms with Gasteiger partial charge in [-0.2, -0.15) is 26.0 Å². The topological polar surface area (TPSA) is 14.1 Å². The summed E-state index contributed by atoms with van der Waals surface area (Å²) in [6.07, 6.45) is 57.2. The first-order valence-corrected chi connectivity index (χ1v) is 39.2. The third-order valence-electron chi connectivity index (χ3n) is 18.0. The zero-order chi connectivity index (χ0) is 64.8. The lowest BCUT2D eigenvalue weighted by Gasteiger charge is -2.44. The van der Waals surface area contributed by atoms with Crippen molar-refractivity contribution < 1.29 is 52.7 Å². The minimum absolute atomic E-state index is 0.177. The van der Waals surface area contributed by atoms with E-state index in [0.29, 0.717) is 0 Å². The molecule has 4 aromatic carbocycles. The van der Waals surface area contributed by atoms with Gasteiger partial charge in [0.05, 0.1) is 0 Å². The van der Waals surface area contributed by atoms with Crippen LogP contribution < -0.4 is 26.0 Å². The standard InChI is InChI=1S/C48H102NP2.C24H8BF12/c1-7-13-19-25-31-37-43-50(44-38-32-26-20-14-8-2,45-39-33-27-21-15-9-3)49-51(46-40-34-28-22-16-10-4,47-41-35-29-23-17-11-5)48-42-36-30-24-18-12-6;26-13-1-9(2-14(27)21(13)34)25(10-3-15(28)22(35)16(29)4-10,11-5-17(30)23(36)18(31)6-11)12-7-19(32)24(37)20(33)8-12/h7-48H2,1-6H3;1-8H/q+1;-1. The summed E-state index contributed by atoms with van der Waals surface area (Å²) >= 11 is 0. The second-order valence-electron chi connectivity index (χ2n) is 25.3. The zero-order valence-corrected chi connectivity index (χ0v) is 56.6. The van der Waals surface area contributed by atoms with Crippen LogP contribution in [0.4, 0.5) is 52.7 Å². The van der Waals surface area contributed by atoms with Gasteiger partial charge in [-0.15, -0.1) is 0 Å². The predicted octanol–water partition coefficient (Wildman–Crippen LogP) is 23.4. The second-order valence-corrected chi connectivity index (χ2v) is 33.1. The van der Waals surface area contributed by atoms with E-state index >= 15 is 0 Å². The van der Waals surface area contributed by atoms with Gasteiger partial charge in [0, 0.05) is 37.0 Å². The third kappa shape index (κ3) is 26.3. The largest absolute Gasteiger partial charge is 0.216 e. The van der Waals surface area contributed by atoms with Crippen LogP contribution in [0.25, 0.3) is 0 Å². The fraction of sp³-hybridized carbons (Fsp3) is 0.667. The van der Waals surface area contributed by atoms with Gasteiger partial charge in [-0.1, -0.05) is 283 Å². The molecule has 0 N–H and O–H groups in total. The molecule has 0 heterocycles. The monoisotopic (exact) mass is 1290 g/mol. The average molecular weight is 1290 g/mol. The van der Waals surface area contributed by atoms with Gasteiger partial charge in [0.1, 0.15) is 6.15 Å². The lowest BCUT2D eigenvalue weighted by atomic mass is 9.13. The number of unbranched alkanes of at least 4 members (excludes halogenated alkanes) is 30. The molecule has 0 aliphatic heterocycles. The van der Waals surface area contributed by atoms with Crippen LogP contribution in [0.1, 0.15) is 273 Å². The SMILES string of the molecule is CCCCCCCCP(CCCCCCCC)(CCCCCCCC)=[N+]=P(CCCCCCCC)(CCCCCCCC)CCCCCCCC.Fc1cc([B-](c2cc(F)c(F)c(F)c2)(c2cc(F)c(F)c(F)c2)c2cc(F)c(F)c(F)c2)cc(F)c1F. The van der Waals surface area contributed by atoms with Crippen molar-refractivity contribution in [3.63, 3.8) is 0 Å². The normalized spacial score (nSPS) is 12.0. The van der Waals surface area contributed by atoms with Gasteiger partial charge in [-0.25, -0.2) is 52.7 Å². The second kappa shape index (κ2) is 44.3. The van der Waals surface area contributed by atoms with Crippen LogP contribution in [0.3, 0.4) is 0 Å². The molecule has 4 aromatic rings. The number of benzene rings is 4. The van der Waals surface area contributed by atoms with E-state index in [1.54, 1.807) is 0 Å². The first-order chi connectivity index (χ1) is 42.4. The van der Waals surface area contributed by atoms with Crippen molar-refractivity contribution in [2.75, 3.05) is 37.0 Å². The van der Waals surface area contributed by atoms with E-state index in [-0.39, 0.29) is 48.5 Å². The highest BCUT2D eigenvalue weighted by molar-refractivity contribution is 7.73. The first-order valence-electron chi connectivity index (χ1n) is 34.6. The van der Waals surface area contributed by atoms with Gasteiger partial charge in [0.25, 0.3) is 0 Å². The highest BCUT2D eigenvalue weighted by Gasteiger charge is 2.38. The first kappa shape index (κ1) is 78.9. The Bertz CT molecular complexity index is 2240. The van der Waals surface area contributed by atoms with Crippen molar-refractivity contribution in [3.05, 3.63) is 118 Å². The van der Waals surface area contributed by atoms with E-state index in [1.807, 2.05) is 0 Å². The summed E-state index contributed by atoms with van der Waals surface area (Å²) in [6, 6.07) is 1.41. The van der Waals surface area contributed by atoms with Crippen molar-refractivity contribution in [1.29, 1.82) is 0 Å². The van der Waals surface area contributed by atoms with E-state index in [2.05, 4.69) is 41.5 Å². The predicted molar refractivity (Wildman–Crippen MR) is 355 cm³/mol. The molecule has 0 bridgehead atoms. The van der Waals surface area contributed by atoms with Crippen LogP contribution in [0, 0.1) is 69.8 Å². The van der Waals surface area contributed by atoms with Crippen molar-refractivity contribution in [1.82, 2.24) is 4.17 Å². The van der Waals surface area contributed by atoms with Crippen LogP contribution in [0.2, 0.25) is 0 Å². The van der Waals surface area contributed by atoms with Crippen LogP contribution >= 0.6 is 14.1 Å². The molecule has 0 amide bonds. The van der Waals surface area contributed by atoms with E-state index < -0.39 is 112 Å². The van der Waals surface area contributed by atoms with Gasteiger partial charge in [-0.3, -0.25) is 0 Å². The van der Waals surface area contributed by atoms with Crippen molar-refractivity contribution in [3.8, 4) is 0 Å². The minimum atomic E-state index is -4.01. The third-order valence-corrected chi connectivity index (χ3v) is 27.9. The number of hydrogen-bond donors (Lipinski definition) is 0. The molecular weight excluding hydrogens is 1180 g/mol. The van der Waals surface area contributed by atoms with Crippen LogP contribution in [0.5, 0.6) is 0 Å². The molecule has 500 valence electrons. The van der Waals surface area contributed by atoms with Crippen molar-refractivity contribution in [2.24, 2.45) is 0 Å². The van der Waals surface area contributed by atoms with E-state index in [1.165, 1.54) is 268 Å². The number of halogens is 12. The maximum Gasteiger partial charge on any atom is 0.216 e. The molecule has 88 heavy (non-hydrogen) atoms. The molecule has 1 nitrogen and oxygen atoms in total. The maximum atomic E-state index is 14.4. The molecule has 0 radical (unpaired) electrons. The molecule has 0 atom stereocenters. The highest BCUT2D eigenvalue weighted by Crippen LogP contribution is 2.56. The summed E-state index contributed by atoms with van der Waals surface area (Å²) in [5.41, 5.74) is -3.79. The van der Waals surface area contributed by atoms with Crippen molar-refractivity contribution in [2.45, 2.75) is 273 Å². The van der Waals surface area contributed by atoms with Gasteiger partial charge in [-0.05, 0) is 38.5 Å². The maximum absolute atomic E-state index is 14.4. The summed E-state index contributed by atoms with van der Waals surface area (Å²) in [5.74, 6) is -24.0. The summed E-state index contributed by atoms with van der Waals surface area (Å²) in [6.45, 7) is 14.2. The Morgan fingerprint density at radius 3 is 0.511 bits per heavy atom. The molecule has 0 aromatic heterocycles. The molecule has 0 aliphatic rings. The quantitative estimate of drug-likeness (QED) is 0.0105. The molecule has 0 aliphatic carbocycles. The molecule has 0 saturated carbocycles. The Balaban J connectivity index is 0.000000481. The van der Waals surface area contributed by atoms with E-state index in [0.717, 1.165) is 0 Å². The number of nitrogens with zero attached hydrogens (tertiary/aromatic N) is 1. The van der Waals surface area contributed by atoms with Crippen LogP contribution in [0.15, 0.2) is 48.5 Å². The average Bonchev–Trinajstić information content (AvgIpc) is 0.987. The Kier molecular flexibility index (Phi) is 39.7. The molecule has 0 unspecified atom stereocenters. The molecule has 0 saturated heterocycles. The highest BCUT2D eigenvalue weighted by atomic mass is 31.2. The van der Waals surface area contributed by atoms with Gasteiger partial charge in [0.2, 0.25) is 14.1 Å². The smallest absolute Gasteiger partial charge is 0.204 e.